The van der Waals surface area contributed by atoms with Crippen LogP contribution in [0.5, 0.6) is 0 Å². The van der Waals surface area contributed by atoms with Gasteiger partial charge in [0.25, 0.3) is 0 Å². The quantitative estimate of drug-likeness (QED) is 0.887. The average Bonchev–Trinajstić information content (AvgIpc) is 2.92. The number of hydrogen-bond donors (Lipinski definition) is 2. The molecule has 2 N–H and O–H groups in total. The van der Waals surface area contributed by atoms with Gasteiger partial charge in [0.05, 0.1) is 12.1 Å². The standard InChI is InChI=1S/C16H23N3O/c1-11(13-6-4-8-17-10-13)18-16(20)15-9-12-5-2-3-7-14(12)19-15/h4,6,8,10-12,14-15,19H,2-3,5,7,9H2,1H3,(H,18,20)/t11-,12?,14?,15?/m1/s1. The molecule has 0 radical (unpaired) electrons. The van der Waals surface area contributed by atoms with E-state index in [9.17, 15) is 4.79 Å². The summed E-state index contributed by atoms with van der Waals surface area (Å²) in [5, 5.41) is 6.63. The van der Waals surface area contributed by atoms with E-state index in [-0.39, 0.29) is 18.0 Å². The molecule has 1 saturated heterocycles. The summed E-state index contributed by atoms with van der Waals surface area (Å²) < 4.78 is 0. The zero-order valence-corrected chi connectivity index (χ0v) is 12.0. The fourth-order valence-electron chi connectivity index (χ4n) is 3.55. The fraction of sp³-hybridized carbons (Fsp3) is 0.625. The average molecular weight is 273 g/mol. The van der Waals surface area contributed by atoms with Crippen molar-refractivity contribution in [2.75, 3.05) is 0 Å². The number of fused-ring (bicyclic) bond motifs is 1. The summed E-state index contributed by atoms with van der Waals surface area (Å²) in [5.41, 5.74) is 1.05. The summed E-state index contributed by atoms with van der Waals surface area (Å²) >= 11 is 0. The number of nitrogens with zero attached hydrogens (tertiary/aromatic N) is 1. The van der Waals surface area contributed by atoms with E-state index in [1.165, 1.54) is 25.7 Å². The summed E-state index contributed by atoms with van der Waals surface area (Å²) in [7, 11) is 0. The second kappa shape index (κ2) is 5.92. The second-order valence-electron chi connectivity index (χ2n) is 6.12. The van der Waals surface area contributed by atoms with E-state index in [1.807, 2.05) is 25.3 Å². The summed E-state index contributed by atoms with van der Waals surface area (Å²) in [5.74, 6) is 0.837. The van der Waals surface area contributed by atoms with Crippen molar-refractivity contribution in [1.82, 2.24) is 15.6 Å². The van der Waals surface area contributed by atoms with Crippen LogP contribution in [0, 0.1) is 5.92 Å². The molecule has 1 saturated carbocycles. The highest BCUT2D eigenvalue weighted by Gasteiger charge is 2.38. The molecule has 108 valence electrons. The number of carbonyl (C=O) groups excluding carboxylic acids is 1. The predicted molar refractivity (Wildman–Crippen MR) is 78.1 cm³/mol. The zero-order chi connectivity index (χ0) is 13.9. The third-order valence-electron chi connectivity index (χ3n) is 4.72. The van der Waals surface area contributed by atoms with Crippen LogP contribution in [0.15, 0.2) is 24.5 Å². The Kier molecular flexibility index (Phi) is 4.01. The van der Waals surface area contributed by atoms with Crippen molar-refractivity contribution >= 4 is 5.91 Å². The van der Waals surface area contributed by atoms with Gasteiger partial charge in [0.1, 0.15) is 0 Å². The van der Waals surface area contributed by atoms with E-state index >= 15 is 0 Å². The molecular weight excluding hydrogens is 250 g/mol. The van der Waals surface area contributed by atoms with Gasteiger partial charge < -0.3 is 10.6 Å². The number of aromatic nitrogens is 1. The predicted octanol–water partition coefficient (Wildman–Crippen LogP) is 2.18. The van der Waals surface area contributed by atoms with Gasteiger partial charge in [-0.2, -0.15) is 0 Å². The van der Waals surface area contributed by atoms with Crippen LogP contribution in [-0.2, 0) is 4.79 Å². The van der Waals surface area contributed by atoms with E-state index in [4.69, 9.17) is 0 Å². The Labute approximate surface area is 120 Å². The first-order valence-electron chi connectivity index (χ1n) is 7.70. The number of pyridine rings is 1. The van der Waals surface area contributed by atoms with Gasteiger partial charge in [-0.3, -0.25) is 9.78 Å². The van der Waals surface area contributed by atoms with Crippen molar-refractivity contribution in [3.63, 3.8) is 0 Å². The van der Waals surface area contributed by atoms with Gasteiger partial charge in [-0.05, 0) is 43.7 Å². The molecule has 4 nitrogen and oxygen atoms in total. The normalized spacial score (nSPS) is 30.6. The summed E-state index contributed by atoms with van der Waals surface area (Å²) in [6.07, 6.45) is 9.69. The molecule has 4 atom stereocenters. The van der Waals surface area contributed by atoms with Crippen LogP contribution in [0.2, 0.25) is 0 Å². The summed E-state index contributed by atoms with van der Waals surface area (Å²) in [6.45, 7) is 2.01. The van der Waals surface area contributed by atoms with E-state index in [2.05, 4.69) is 15.6 Å². The maximum absolute atomic E-state index is 12.4. The second-order valence-corrected chi connectivity index (χ2v) is 6.12. The fourth-order valence-corrected chi connectivity index (χ4v) is 3.55. The molecule has 1 aliphatic heterocycles. The van der Waals surface area contributed by atoms with Gasteiger partial charge in [0.15, 0.2) is 0 Å². The van der Waals surface area contributed by atoms with Crippen molar-refractivity contribution < 1.29 is 4.79 Å². The topological polar surface area (TPSA) is 54.0 Å². The molecular formula is C16H23N3O. The lowest BCUT2D eigenvalue weighted by Crippen LogP contribution is -2.43. The Morgan fingerprint density at radius 1 is 1.45 bits per heavy atom. The van der Waals surface area contributed by atoms with E-state index < -0.39 is 0 Å². The van der Waals surface area contributed by atoms with Crippen LogP contribution in [0.3, 0.4) is 0 Å². The number of hydrogen-bond acceptors (Lipinski definition) is 3. The zero-order valence-electron chi connectivity index (χ0n) is 12.0. The Morgan fingerprint density at radius 2 is 2.30 bits per heavy atom. The third kappa shape index (κ3) is 2.85. The first-order valence-corrected chi connectivity index (χ1v) is 7.70. The molecule has 2 fully saturated rings. The lowest BCUT2D eigenvalue weighted by molar-refractivity contribution is -0.123. The largest absolute Gasteiger partial charge is 0.348 e. The minimum Gasteiger partial charge on any atom is -0.348 e. The first kappa shape index (κ1) is 13.6. The van der Waals surface area contributed by atoms with Gasteiger partial charge in [-0.1, -0.05) is 18.9 Å². The van der Waals surface area contributed by atoms with E-state index in [1.54, 1.807) is 6.20 Å². The van der Waals surface area contributed by atoms with Crippen molar-refractivity contribution in [1.29, 1.82) is 0 Å². The molecule has 0 spiro atoms. The molecule has 1 aliphatic carbocycles. The molecule has 3 unspecified atom stereocenters. The Hall–Kier alpha value is -1.42. The molecule has 4 heteroatoms. The lowest BCUT2D eigenvalue weighted by Gasteiger charge is -2.24. The third-order valence-corrected chi connectivity index (χ3v) is 4.72. The van der Waals surface area contributed by atoms with Crippen LogP contribution in [0.1, 0.15) is 50.6 Å². The van der Waals surface area contributed by atoms with E-state index in [0.717, 1.165) is 12.0 Å². The smallest absolute Gasteiger partial charge is 0.237 e. The molecule has 2 heterocycles. The molecule has 2 aliphatic rings. The molecule has 0 bridgehead atoms. The highest BCUT2D eigenvalue weighted by atomic mass is 16.2. The SMILES string of the molecule is C[C@@H](NC(=O)C1CC2CCCCC2N1)c1cccnc1. The lowest BCUT2D eigenvalue weighted by atomic mass is 9.85. The van der Waals surface area contributed by atoms with Gasteiger partial charge in [-0.25, -0.2) is 0 Å². The summed E-state index contributed by atoms with van der Waals surface area (Å²) in [4.78, 5) is 16.5. The van der Waals surface area contributed by atoms with Gasteiger partial charge >= 0.3 is 0 Å². The highest BCUT2D eigenvalue weighted by molar-refractivity contribution is 5.82. The molecule has 1 aromatic heterocycles. The number of rotatable bonds is 3. The van der Waals surface area contributed by atoms with Crippen molar-refractivity contribution in [2.45, 2.75) is 57.2 Å². The van der Waals surface area contributed by atoms with Gasteiger partial charge in [0.2, 0.25) is 5.91 Å². The Balaban J connectivity index is 1.57. The van der Waals surface area contributed by atoms with E-state index in [0.29, 0.717) is 12.0 Å². The van der Waals surface area contributed by atoms with Crippen molar-refractivity contribution in [2.24, 2.45) is 5.92 Å². The minimum absolute atomic E-state index is 0.0118. The molecule has 1 aromatic rings. The van der Waals surface area contributed by atoms with Crippen molar-refractivity contribution in [3.05, 3.63) is 30.1 Å². The molecule has 0 aromatic carbocycles. The monoisotopic (exact) mass is 273 g/mol. The molecule has 3 rings (SSSR count). The minimum atomic E-state index is -0.0118. The maximum atomic E-state index is 12.4. The number of carbonyl (C=O) groups is 1. The van der Waals surface area contributed by atoms with Crippen LogP contribution in [0.25, 0.3) is 0 Å². The molecule has 20 heavy (non-hydrogen) atoms. The first-order chi connectivity index (χ1) is 9.74. The highest BCUT2D eigenvalue weighted by Crippen LogP contribution is 2.33. The number of nitrogens with one attached hydrogen (secondary N) is 2. The number of amides is 1. The Morgan fingerprint density at radius 3 is 3.05 bits per heavy atom. The molecule has 1 amide bonds. The van der Waals surface area contributed by atoms with Crippen molar-refractivity contribution in [3.8, 4) is 0 Å². The van der Waals surface area contributed by atoms with Crippen LogP contribution in [0.4, 0.5) is 0 Å². The summed E-state index contributed by atoms with van der Waals surface area (Å²) in [6, 6.07) is 4.47. The Bertz CT molecular complexity index is 448. The van der Waals surface area contributed by atoms with Crippen LogP contribution >= 0.6 is 0 Å². The van der Waals surface area contributed by atoms with Crippen LogP contribution < -0.4 is 10.6 Å². The van der Waals surface area contributed by atoms with Gasteiger partial charge in [0, 0.05) is 18.4 Å². The maximum Gasteiger partial charge on any atom is 0.237 e. The van der Waals surface area contributed by atoms with Crippen LogP contribution in [-0.4, -0.2) is 23.0 Å². The van der Waals surface area contributed by atoms with Gasteiger partial charge in [-0.15, -0.1) is 0 Å².